The van der Waals surface area contributed by atoms with Crippen LogP contribution < -0.4 is 0 Å². The molecule has 0 radical (unpaired) electrons. The van der Waals surface area contributed by atoms with Crippen molar-refractivity contribution in [1.82, 2.24) is 10.2 Å². The second kappa shape index (κ2) is 3.90. The van der Waals surface area contributed by atoms with Crippen LogP contribution in [0.4, 0.5) is 0 Å². The monoisotopic (exact) mass is 168 g/mol. The molecule has 1 N–H and O–H groups in total. The summed E-state index contributed by atoms with van der Waals surface area (Å²) in [5, 5.41) is 6.24. The van der Waals surface area contributed by atoms with E-state index < -0.39 is 0 Å². The molecule has 1 rings (SSSR count). The van der Waals surface area contributed by atoms with E-state index in [1.165, 1.54) is 0 Å². The van der Waals surface area contributed by atoms with E-state index >= 15 is 0 Å². The Morgan fingerprint density at radius 2 is 2.50 bits per heavy atom. The fraction of sp³-hybridized carbons (Fsp3) is 0.500. The lowest BCUT2D eigenvalue weighted by atomic mass is 10.2. The summed E-state index contributed by atoms with van der Waals surface area (Å²) in [7, 11) is 0. The highest BCUT2D eigenvalue weighted by atomic mass is 16.5. The number of H-pyrrole nitrogens is 1. The molecule has 0 bridgehead atoms. The molecule has 0 spiro atoms. The van der Waals surface area contributed by atoms with Crippen molar-refractivity contribution >= 4 is 5.97 Å². The Morgan fingerprint density at radius 3 is 3.00 bits per heavy atom. The van der Waals surface area contributed by atoms with Crippen LogP contribution in [0.2, 0.25) is 0 Å². The summed E-state index contributed by atoms with van der Waals surface area (Å²) in [4.78, 5) is 11.1. The van der Waals surface area contributed by atoms with E-state index in [-0.39, 0.29) is 5.97 Å². The zero-order chi connectivity index (χ0) is 8.97. The molecule has 66 valence electrons. The average molecular weight is 168 g/mol. The van der Waals surface area contributed by atoms with Gasteiger partial charge in [0.25, 0.3) is 0 Å². The highest BCUT2D eigenvalue weighted by molar-refractivity contribution is 5.86. The molecule has 0 aromatic carbocycles. The number of hydrogen-bond acceptors (Lipinski definition) is 3. The highest BCUT2D eigenvalue weighted by Crippen LogP contribution is 1.98. The predicted octanol–water partition coefficient (Wildman–Crippen LogP) is 1.22. The Labute approximate surface area is 70.9 Å². The summed E-state index contributed by atoms with van der Waals surface area (Å²) in [6.07, 6.45) is 1.59. The van der Waals surface area contributed by atoms with Crippen molar-refractivity contribution in [3.63, 3.8) is 0 Å². The molecule has 0 amide bonds. The van der Waals surface area contributed by atoms with Gasteiger partial charge in [0.05, 0.1) is 6.61 Å². The molecular formula is C8H12N2O2. The van der Waals surface area contributed by atoms with E-state index in [4.69, 9.17) is 4.74 Å². The standard InChI is InChI=1S/C8H12N2O2/c1-6(2)5-12-8(11)7-3-4-9-10-7/h3-4,6H,5H2,1-2H3,(H,9,10). The molecule has 4 nitrogen and oxygen atoms in total. The van der Waals surface area contributed by atoms with Crippen molar-refractivity contribution < 1.29 is 9.53 Å². The fourth-order valence-corrected chi connectivity index (χ4v) is 0.690. The molecule has 0 atom stereocenters. The lowest BCUT2D eigenvalue weighted by molar-refractivity contribution is 0.0452. The van der Waals surface area contributed by atoms with Gasteiger partial charge in [-0.2, -0.15) is 5.10 Å². The maximum atomic E-state index is 11.1. The zero-order valence-corrected chi connectivity index (χ0v) is 7.20. The van der Waals surface area contributed by atoms with E-state index in [9.17, 15) is 4.79 Å². The Bertz CT molecular complexity index is 242. The third kappa shape index (κ3) is 2.38. The number of nitrogens with one attached hydrogen (secondary N) is 1. The molecule has 0 saturated heterocycles. The highest BCUT2D eigenvalue weighted by Gasteiger charge is 2.08. The van der Waals surface area contributed by atoms with Gasteiger partial charge in [-0.15, -0.1) is 0 Å². The van der Waals surface area contributed by atoms with E-state index in [0.29, 0.717) is 18.2 Å². The first-order valence-electron chi connectivity index (χ1n) is 3.87. The van der Waals surface area contributed by atoms with E-state index in [1.54, 1.807) is 12.3 Å². The van der Waals surface area contributed by atoms with Crippen LogP contribution in [0.15, 0.2) is 12.3 Å². The summed E-state index contributed by atoms with van der Waals surface area (Å²) < 4.78 is 4.93. The van der Waals surface area contributed by atoms with Gasteiger partial charge >= 0.3 is 5.97 Å². The van der Waals surface area contributed by atoms with Crippen molar-refractivity contribution in [2.75, 3.05) is 6.61 Å². The van der Waals surface area contributed by atoms with Gasteiger partial charge in [0.1, 0.15) is 0 Å². The van der Waals surface area contributed by atoms with Crippen LogP contribution in [0, 0.1) is 5.92 Å². The average Bonchev–Trinajstić information content (AvgIpc) is 2.51. The molecule has 0 aliphatic rings. The van der Waals surface area contributed by atoms with Crippen LogP contribution in [0.3, 0.4) is 0 Å². The second-order valence-electron chi connectivity index (χ2n) is 2.95. The number of hydrogen-bond donors (Lipinski definition) is 1. The van der Waals surface area contributed by atoms with Gasteiger partial charge in [0.15, 0.2) is 5.69 Å². The summed E-state index contributed by atoms with van der Waals surface area (Å²) >= 11 is 0. The first-order valence-corrected chi connectivity index (χ1v) is 3.87. The minimum atomic E-state index is -0.370. The maximum Gasteiger partial charge on any atom is 0.358 e. The largest absolute Gasteiger partial charge is 0.461 e. The molecule has 4 heteroatoms. The Kier molecular flexibility index (Phi) is 2.85. The predicted molar refractivity (Wildman–Crippen MR) is 43.7 cm³/mol. The molecule has 0 aliphatic heterocycles. The number of aromatic nitrogens is 2. The van der Waals surface area contributed by atoms with E-state index in [1.807, 2.05) is 13.8 Å². The smallest absolute Gasteiger partial charge is 0.358 e. The van der Waals surface area contributed by atoms with Crippen LogP contribution in [0.1, 0.15) is 24.3 Å². The normalized spacial score (nSPS) is 10.2. The quantitative estimate of drug-likeness (QED) is 0.690. The second-order valence-corrected chi connectivity index (χ2v) is 2.95. The summed E-state index contributed by atoms with van der Waals surface area (Å²) in [5.74, 6) is -0.0159. The Morgan fingerprint density at radius 1 is 1.75 bits per heavy atom. The van der Waals surface area contributed by atoms with Crippen molar-refractivity contribution in [3.8, 4) is 0 Å². The molecule has 0 aliphatic carbocycles. The number of esters is 1. The van der Waals surface area contributed by atoms with Crippen molar-refractivity contribution in [2.24, 2.45) is 5.92 Å². The summed E-state index contributed by atoms with van der Waals surface area (Å²) in [5.41, 5.74) is 0.329. The number of nitrogens with zero attached hydrogens (tertiary/aromatic N) is 1. The molecule has 0 fully saturated rings. The number of carbonyl (C=O) groups excluding carboxylic acids is 1. The molecular weight excluding hydrogens is 156 g/mol. The summed E-state index contributed by atoms with van der Waals surface area (Å²) in [6.45, 7) is 4.40. The van der Waals surface area contributed by atoms with Crippen molar-refractivity contribution in [3.05, 3.63) is 18.0 Å². The van der Waals surface area contributed by atoms with Crippen molar-refractivity contribution in [1.29, 1.82) is 0 Å². The van der Waals surface area contributed by atoms with E-state index in [0.717, 1.165) is 0 Å². The maximum absolute atomic E-state index is 11.1. The molecule has 0 unspecified atom stereocenters. The van der Waals surface area contributed by atoms with E-state index in [2.05, 4.69) is 10.2 Å². The van der Waals surface area contributed by atoms with Gasteiger partial charge in [0, 0.05) is 6.20 Å². The lowest BCUT2D eigenvalue weighted by Crippen LogP contribution is -2.10. The third-order valence-electron chi connectivity index (χ3n) is 1.26. The SMILES string of the molecule is CC(C)COC(=O)c1cc[nH]n1. The first-order chi connectivity index (χ1) is 5.70. The minimum Gasteiger partial charge on any atom is -0.461 e. The van der Waals surface area contributed by atoms with Crippen LogP contribution >= 0.6 is 0 Å². The summed E-state index contributed by atoms with van der Waals surface area (Å²) in [6, 6.07) is 1.59. The molecule has 1 aromatic heterocycles. The lowest BCUT2D eigenvalue weighted by Gasteiger charge is -2.04. The Hall–Kier alpha value is -1.32. The first kappa shape index (κ1) is 8.77. The van der Waals surface area contributed by atoms with Crippen LogP contribution in [0.25, 0.3) is 0 Å². The molecule has 1 heterocycles. The van der Waals surface area contributed by atoms with Gasteiger partial charge in [0.2, 0.25) is 0 Å². The molecule has 0 saturated carbocycles. The fourth-order valence-electron chi connectivity index (χ4n) is 0.690. The van der Waals surface area contributed by atoms with Gasteiger partial charge in [-0.05, 0) is 12.0 Å². The van der Waals surface area contributed by atoms with Gasteiger partial charge in [-0.1, -0.05) is 13.8 Å². The van der Waals surface area contributed by atoms with Gasteiger partial charge in [-0.3, -0.25) is 5.10 Å². The Balaban J connectivity index is 2.40. The van der Waals surface area contributed by atoms with Gasteiger partial charge in [-0.25, -0.2) is 4.79 Å². The molecule has 1 aromatic rings. The molecule has 12 heavy (non-hydrogen) atoms. The number of carbonyl (C=O) groups is 1. The number of ether oxygens (including phenoxy) is 1. The van der Waals surface area contributed by atoms with Crippen LogP contribution in [-0.2, 0) is 4.74 Å². The number of aromatic amines is 1. The minimum absolute atomic E-state index is 0.329. The topological polar surface area (TPSA) is 55.0 Å². The number of rotatable bonds is 3. The van der Waals surface area contributed by atoms with Gasteiger partial charge < -0.3 is 4.74 Å². The van der Waals surface area contributed by atoms with Crippen LogP contribution in [-0.4, -0.2) is 22.8 Å². The zero-order valence-electron chi connectivity index (χ0n) is 7.20. The third-order valence-corrected chi connectivity index (χ3v) is 1.26. The van der Waals surface area contributed by atoms with Crippen LogP contribution in [0.5, 0.6) is 0 Å². The van der Waals surface area contributed by atoms with Crippen molar-refractivity contribution in [2.45, 2.75) is 13.8 Å².